The summed E-state index contributed by atoms with van der Waals surface area (Å²) in [5.41, 5.74) is 1.91. The van der Waals surface area contributed by atoms with Gasteiger partial charge in [0.15, 0.2) is 0 Å². The minimum absolute atomic E-state index is 0.00972. The Bertz CT molecular complexity index is 585. The number of nitrogens with one attached hydrogen (secondary N) is 1. The van der Waals surface area contributed by atoms with E-state index in [1.54, 1.807) is 6.20 Å². The molecule has 0 radical (unpaired) electrons. The largest absolute Gasteiger partial charge is 0.491 e. The van der Waals surface area contributed by atoms with Gasteiger partial charge >= 0.3 is 0 Å². The first-order valence-electron chi connectivity index (χ1n) is 7.87. The Hall–Kier alpha value is -1.85. The van der Waals surface area contributed by atoms with Gasteiger partial charge in [-0.3, -0.25) is 4.98 Å². The van der Waals surface area contributed by atoms with Crippen LogP contribution in [0.2, 0.25) is 0 Å². The smallest absolute Gasteiger partial charge is 0.122 e. The number of hydrogen-bond donors (Lipinski definition) is 2. The second kappa shape index (κ2) is 8.56. The maximum atomic E-state index is 8.91. The van der Waals surface area contributed by atoms with Gasteiger partial charge in [-0.2, -0.15) is 0 Å². The number of rotatable bonds is 9. The maximum Gasteiger partial charge on any atom is 0.122 e. The molecular weight excluding hydrogens is 278 g/mol. The van der Waals surface area contributed by atoms with Crippen LogP contribution in [-0.2, 0) is 0 Å². The second-order valence-electron chi connectivity index (χ2n) is 5.07. The van der Waals surface area contributed by atoms with Gasteiger partial charge in [-0.15, -0.1) is 0 Å². The van der Waals surface area contributed by atoms with E-state index in [0.29, 0.717) is 6.61 Å². The lowest BCUT2D eigenvalue weighted by molar-refractivity contribution is 0.201. The number of nitrogens with zero attached hydrogens (tertiary/aromatic N) is 2. The predicted molar refractivity (Wildman–Crippen MR) is 90.6 cm³/mol. The van der Waals surface area contributed by atoms with Crippen LogP contribution in [0.4, 0.5) is 5.69 Å². The van der Waals surface area contributed by atoms with Gasteiger partial charge in [0.25, 0.3) is 0 Å². The van der Waals surface area contributed by atoms with Crippen molar-refractivity contribution in [2.45, 2.75) is 13.8 Å². The number of anilines is 1. The fraction of sp³-hybridized carbons (Fsp3) is 0.471. The number of ether oxygens (including phenoxy) is 1. The molecule has 0 aliphatic rings. The van der Waals surface area contributed by atoms with Crippen LogP contribution in [0, 0.1) is 0 Å². The lowest BCUT2D eigenvalue weighted by Gasteiger charge is -2.19. The average molecular weight is 303 g/mol. The summed E-state index contributed by atoms with van der Waals surface area (Å²) in [6, 6.07) is 7.84. The molecule has 2 N–H and O–H groups in total. The molecule has 5 nitrogen and oxygen atoms in total. The molecule has 0 bridgehead atoms. The fourth-order valence-corrected chi connectivity index (χ4v) is 2.43. The van der Waals surface area contributed by atoms with Crippen LogP contribution < -0.4 is 10.1 Å². The van der Waals surface area contributed by atoms with Gasteiger partial charge in [0.2, 0.25) is 0 Å². The Morgan fingerprint density at radius 3 is 2.82 bits per heavy atom. The molecule has 0 saturated heterocycles. The summed E-state index contributed by atoms with van der Waals surface area (Å²) >= 11 is 0. The van der Waals surface area contributed by atoms with Crippen molar-refractivity contribution in [2.24, 2.45) is 0 Å². The van der Waals surface area contributed by atoms with E-state index >= 15 is 0 Å². The number of aromatic nitrogens is 1. The van der Waals surface area contributed by atoms with Gasteiger partial charge in [-0.25, -0.2) is 0 Å². The monoisotopic (exact) mass is 303 g/mol. The van der Waals surface area contributed by atoms with Crippen molar-refractivity contribution < 1.29 is 9.84 Å². The molecule has 1 aromatic heterocycles. The first kappa shape index (κ1) is 16.5. The Labute approximate surface area is 131 Å². The fourth-order valence-electron chi connectivity index (χ4n) is 2.43. The molecule has 1 heterocycles. The molecule has 1 aromatic carbocycles. The van der Waals surface area contributed by atoms with Crippen LogP contribution in [0.5, 0.6) is 5.75 Å². The van der Waals surface area contributed by atoms with Gasteiger partial charge in [0, 0.05) is 30.7 Å². The van der Waals surface area contributed by atoms with E-state index in [-0.39, 0.29) is 6.61 Å². The maximum absolute atomic E-state index is 8.91. The number of fused-ring (bicyclic) bond motifs is 1. The molecule has 5 heteroatoms. The second-order valence-corrected chi connectivity index (χ2v) is 5.07. The Balaban J connectivity index is 2.15. The third-order valence-electron chi connectivity index (χ3n) is 3.68. The zero-order valence-corrected chi connectivity index (χ0v) is 13.4. The van der Waals surface area contributed by atoms with Crippen molar-refractivity contribution in [3.63, 3.8) is 0 Å². The summed E-state index contributed by atoms with van der Waals surface area (Å²) in [5.74, 6) is 0.750. The standard InChI is InChI=1S/C17H25N3O2/c1-3-20(4-2)9-8-18-16-13-15(22-11-10-21)12-14-6-5-7-19-17(14)16/h5-7,12-13,18,21H,3-4,8-11H2,1-2H3. The number of benzene rings is 1. The third-order valence-corrected chi connectivity index (χ3v) is 3.68. The zero-order valence-electron chi connectivity index (χ0n) is 13.4. The highest BCUT2D eigenvalue weighted by Gasteiger charge is 2.07. The van der Waals surface area contributed by atoms with Crippen LogP contribution >= 0.6 is 0 Å². The Morgan fingerprint density at radius 2 is 2.09 bits per heavy atom. The quantitative estimate of drug-likeness (QED) is 0.745. The van der Waals surface area contributed by atoms with Crippen molar-refractivity contribution in [3.05, 3.63) is 30.5 Å². The van der Waals surface area contributed by atoms with Crippen LogP contribution in [0.15, 0.2) is 30.5 Å². The molecule has 0 aliphatic heterocycles. The van der Waals surface area contributed by atoms with Crippen LogP contribution in [-0.4, -0.2) is 54.4 Å². The molecular formula is C17H25N3O2. The third kappa shape index (κ3) is 4.32. The van der Waals surface area contributed by atoms with Crippen molar-refractivity contribution in [2.75, 3.05) is 44.7 Å². The summed E-state index contributed by atoms with van der Waals surface area (Å²) in [5, 5.41) is 13.4. The minimum Gasteiger partial charge on any atom is -0.491 e. The molecule has 0 unspecified atom stereocenters. The van der Waals surface area contributed by atoms with Crippen LogP contribution in [0.3, 0.4) is 0 Å². The molecule has 120 valence electrons. The molecule has 2 rings (SSSR count). The van der Waals surface area contributed by atoms with E-state index in [4.69, 9.17) is 9.84 Å². The summed E-state index contributed by atoms with van der Waals surface area (Å²) in [7, 11) is 0. The zero-order chi connectivity index (χ0) is 15.8. The van der Waals surface area contributed by atoms with Gasteiger partial charge in [-0.05, 0) is 25.2 Å². The molecule has 0 saturated carbocycles. The molecule has 22 heavy (non-hydrogen) atoms. The van der Waals surface area contributed by atoms with E-state index in [0.717, 1.165) is 48.5 Å². The van der Waals surface area contributed by atoms with Gasteiger partial charge in [-0.1, -0.05) is 19.9 Å². The first-order valence-corrected chi connectivity index (χ1v) is 7.87. The van der Waals surface area contributed by atoms with Crippen molar-refractivity contribution >= 4 is 16.6 Å². The lowest BCUT2D eigenvalue weighted by Crippen LogP contribution is -2.28. The average Bonchev–Trinajstić information content (AvgIpc) is 2.56. The highest BCUT2D eigenvalue weighted by Crippen LogP contribution is 2.27. The van der Waals surface area contributed by atoms with Gasteiger partial charge in [0.05, 0.1) is 17.8 Å². The lowest BCUT2D eigenvalue weighted by atomic mass is 10.1. The van der Waals surface area contributed by atoms with E-state index in [2.05, 4.69) is 29.0 Å². The minimum atomic E-state index is 0.00972. The van der Waals surface area contributed by atoms with E-state index < -0.39 is 0 Å². The van der Waals surface area contributed by atoms with Crippen LogP contribution in [0.25, 0.3) is 10.9 Å². The van der Waals surface area contributed by atoms with Crippen molar-refractivity contribution in [1.29, 1.82) is 0 Å². The SMILES string of the molecule is CCN(CC)CCNc1cc(OCCO)cc2cccnc12. The summed E-state index contributed by atoms with van der Waals surface area (Å²) in [6.45, 7) is 8.60. The molecule has 0 aliphatic carbocycles. The first-order chi connectivity index (χ1) is 10.8. The van der Waals surface area contributed by atoms with Crippen molar-refractivity contribution in [1.82, 2.24) is 9.88 Å². The summed E-state index contributed by atoms with van der Waals surface area (Å²) in [6.07, 6.45) is 1.80. The highest BCUT2D eigenvalue weighted by molar-refractivity contribution is 5.91. The van der Waals surface area contributed by atoms with Crippen molar-refractivity contribution in [3.8, 4) is 5.75 Å². The van der Waals surface area contributed by atoms with E-state index in [1.165, 1.54) is 0 Å². The predicted octanol–water partition coefficient (Wildman–Crippen LogP) is 2.36. The number of hydrogen-bond acceptors (Lipinski definition) is 5. The molecule has 0 atom stereocenters. The topological polar surface area (TPSA) is 57.6 Å². The molecule has 0 amide bonds. The summed E-state index contributed by atoms with van der Waals surface area (Å²) < 4.78 is 5.55. The Morgan fingerprint density at radius 1 is 1.27 bits per heavy atom. The number of pyridine rings is 1. The van der Waals surface area contributed by atoms with Gasteiger partial charge in [0.1, 0.15) is 12.4 Å². The summed E-state index contributed by atoms with van der Waals surface area (Å²) in [4.78, 5) is 6.83. The van der Waals surface area contributed by atoms with E-state index in [1.807, 2.05) is 24.3 Å². The molecule has 2 aromatic rings. The number of aliphatic hydroxyl groups is 1. The van der Waals surface area contributed by atoms with E-state index in [9.17, 15) is 0 Å². The number of aliphatic hydroxyl groups excluding tert-OH is 1. The van der Waals surface area contributed by atoms with Gasteiger partial charge < -0.3 is 20.1 Å². The van der Waals surface area contributed by atoms with Crippen LogP contribution in [0.1, 0.15) is 13.8 Å². The highest BCUT2D eigenvalue weighted by atomic mass is 16.5. The molecule has 0 fully saturated rings. The normalized spacial score (nSPS) is 11.1. The number of likely N-dealkylation sites (N-methyl/N-ethyl adjacent to an activating group) is 1. The Kier molecular flexibility index (Phi) is 6.43. The molecule has 0 spiro atoms.